The van der Waals surface area contributed by atoms with Gasteiger partial charge in [-0.05, 0) is 49.1 Å². The van der Waals surface area contributed by atoms with Crippen LogP contribution in [-0.4, -0.2) is 25.0 Å². The second-order valence-electron chi connectivity index (χ2n) is 5.89. The number of carbonyl (C=O) groups is 2. The summed E-state index contributed by atoms with van der Waals surface area (Å²) in [7, 11) is 0. The van der Waals surface area contributed by atoms with E-state index in [9.17, 15) is 9.59 Å². The molecule has 5 nitrogen and oxygen atoms in total. The number of carbonyl (C=O) groups excluding carboxylic acids is 2. The Morgan fingerprint density at radius 3 is 2.58 bits per heavy atom. The van der Waals surface area contributed by atoms with Crippen molar-refractivity contribution < 1.29 is 14.3 Å². The first-order valence-electron chi connectivity index (χ1n) is 8.50. The van der Waals surface area contributed by atoms with Crippen molar-refractivity contribution in [3.05, 3.63) is 35.9 Å². The number of hydrogen-bond donors (Lipinski definition) is 2. The summed E-state index contributed by atoms with van der Waals surface area (Å²) in [6, 6.07) is 7.30. The predicted molar refractivity (Wildman–Crippen MR) is 97.4 cm³/mol. The maximum absolute atomic E-state index is 11.7. The van der Waals surface area contributed by atoms with Crippen LogP contribution >= 0.6 is 0 Å². The summed E-state index contributed by atoms with van der Waals surface area (Å²) in [5, 5.41) is 2.84. The van der Waals surface area contributed by atoms with E-state index in [0.717, 1.165) is 30.5 Å². The average molecular weight is 332 g/mol. The minimum Gasteiger partial charge on any atom is -0.462 e. The summed E-state index contributed by atoms with van der Waals surface area (Å²) >= 11 is 0. The highest BCUT2D eigenvalue weighted by molar-refractivity contribution is 5.91. The van der Waals surface area contributed by atoms with Crippen LogP contribution in [0.3, 0.4) is 0 Å². The summed E-state index contributed by atoms with van der Waals surface area (Å²) in [6.07, 6.45) is 6.22. The molecule has 0 bridgehead atoms. The van der Waals surface area contributed by atoms with E-state index in [2.05, 4.69) is 12.2 Å². The normalized spacial score (nSPS) is 12.1. The number of nitrogens with one attached hydrogen (secondary N) is 1. The van der Waals surface area contributed by atoms with Crippen LogP contribution in [-0.2, 0) is 14.3 Å². The number of ether oxygens (including phenoxy) is 1. The largest absolute Gasteiger partial charge is 0.462 e. The van der Waals surface area contributed by atoms with Crippen molar-refractivity contribution in [1.29, 1.82) is 0 Å². The Labute approximate surface area is 144 Å². The Morgan fingerprint density at radius 1 is 1.25 bits per heavy atom. The molecule has 1 amide bonds. The molecule has 1 unspecified atom stereocenters. The Hall–Kier alpha value is -2.14. The molecule has 24 heavy (non-hydrogen) atoms. The highest BCUT2D eigenvalue weighted by atomic mass is 16.5. The number of esters is 1. The van der Waals surface area contributed by atoms with Crippen LogP contribution in [0.4, 0.5) is 5.69 Å². The Balaban J connectivity index is 2.42. The van der Waals surface area contributed by atoms with Crippen LogP contribution in [0.2, 0.25) is 0 Å². The van der Waals surface area contributed by atoms with Crippen LogP contribution in [0.15, 0.2) is 30.3 Å². The van der Waals surface area contributed by atoms with E-state index in [0.29, 0.717) is 25.5 Å². The van der Waals surface area contributed by atoms with Crippen molar-refractivity contribution >= 4 is 23.6 Å². The zero-order valence-corrected chi connectivity index (χ0v) is 14.6. The number of hydrogen-bond acceptors (Lipinski definition) is 4. The fraction of sp³-hybridized carbons (Fsp3) is 0.474. The van der Waals surface area contributed by atoms with Gasteiger partial charge in [-0.25, -0.2) is 4.79 Å². The van der Waals surface area contributed by atoms with E-state index in [1.165, 1.54) is 6.08 Å². The van der Waals surface area contributed by atoms with Gasteiger partial charge in [-0.3, -0.25) is 4.79 Å². The van der Waals surface area contributed by atoms with E-state index in [-0.39, 0.29) is 11.9 Å². The molecule has 132 valence electrons. The summed E-state index contributed by atoms with van der Waals surface area (Å²) < 4.78 is 5.15. The zero-order valence-electron chi connectivity index (χ0n) is 14.6. The molecule has 0 saturated carbocycles. The van der Waals surface area contributed by atoms with Crippen molar-refractivity contribution in [2.24, 2.45) is 11.7 Å². The lowest BCUT2D eigenvalue weighted by molar-refractivity contribution is -0.138. The first-order valence-corrected chi connectivity index (χ1v) is 8.50. The maximum atomic E-state index is 11.7. The lowest BCUT2D eigenvalue weighted by Gasteiger charge is -2.07. The first kappa shape index (κ1) is 19.9. The molecular formula is C19H28N2O3. The van der Waals surface area contributed by atoms with E-state index in [1.54, 1.807) is 6.08 Å². The molecular weight excluding hydrogens is 304 g/mol. The van der Waals surface area contributed by atoms with Gasteiger partial charge in [0.15, 0.2) is 0 Å². The third-order valence-electron chi connectivity index (χ3n) is 3.67. The third-order valence-corrected chi connectivity index (χ3v) is 3.67. The third kappa shape index (κ3) is 8.48. The molecule has 0 aromatic heterocycles. The smallest absolute Gasteiger partial charge is 0.330 e. The van der Waals surface area contributed by atoms with Gasteiger partial charge in [-0.2, -0.15) is 0 Å². The number of benzene rings is 1. The van der Waals surface area contributed by atoms with Crippen molar-refractivity contribution in [1.82, 2.24) is 0 Å². The summed E-state index contributed by atoms with van der Waals surface area (Å²) in [6.45, 7) is 5.15. The minimum atomic E-state index is -0.340. The maximum Gasteiger partial charge on any atom is 0.330 e. The van der Waals surface area contributed by atoms with Crippen LogP contribution < -0.4 is 11.1 Å². The van der Waals surface area contributed by atoms with Gasteiger partial charge < -0.3 is 15.8 Å². The lowest BCUT2D eigenvalue weighted by atomic mass is 10.1. The second-order valence-corrected chi connectivity index (χ2v) is 5.89. The highest BCUT2D eigenvalue weighted by Crippen LogP contribution is 2.12. The van der Waals surface area contributed by atoms with Gasteiger partial charge in [0.25, 0.3) is 0 Å². The molecule has 1 atom stereocenters. The lowest BCUT2D eigenvalue weighted by Crippen LogP contribution is -2.11. The van der Waals surface area contributed by atoms with Crippen LogP contribution in [0.25, 0.3) is 6.08 Å². The topological polar surface area (TPSA) is 81.4 Å². The first-order chi connectivity index (χ1) is 11.5. The van der Waals surface area contributed by atoms with E-state index in [4.69, 9.17) is 10.5 Å². The van der Waals surface area contributed by atoms with Gasteiger partial charge in [0.05, 0.1) is 6.61 Å². The van der Waals surface area contributed by atoms with E-state index < -0.39 is 0 Å². The van der Waals surface area contributed by atoms with Crippen molar-refractivity contribution in [3.63, 3.8) is 0 Å². The standard InChI is InChI=1S/C19H28N2O3/c1-3-15(2)14-24-19(23)12-9-16-7-10-17(11-8-16)21-18(22)6-4-5-13-20/h7-12,15H,3-6,13-14,20H2,1-2H3,(H,21,22)/b12-9+. The van der Waals surface area contributed by atoms with Gasteiger partial charge in [-0.15, -0.1) is 0 Å². The van der Waals surface area contributed by atoms with Crippen LogP contribution in [0.1, 0.15) is 45.1 Å². The number of unbranched alkanes of at least 4 members (excludes halogenated alkanes) is 1. The second kappa shape index (κ2) is 11.4. The molecule has 0 heterocycles. The molecule has 0 fully saturated rings. The number of nitrogens with two attached hydrogens (primary N) is 1. The molecule has 1 aromatic carbocycles. The van der Waals surface area contributed by atoms with Crippen LogP contribution in [0.5, 0.6) is 0 Å². The molecule has 1 aromatic rings. The quantitative estimate of drug-likeness (QED) is 0.391. The fourth-order valence-corrected chi connectivity index (χ4v) is 1.89. The zero-order chi connectivity index (χ0) is 17.8. The summed E-state index contributed by atoms with van der Waals surface area (Å²) in [5.41, 5.74) is 7.02. The molecule has 3 N–H and O–H groups in total. The molecule has 0 aliphatic carbocycles. The Kier molecular flexibility index (Phi) is 9.46. The fourth-order valence-electron chi connectivity index (χ4n) is 1.89. The van der Waals surface area contributed by atoms with E-state index >= 15 is 0 Å². The van der Waals surface area contributed by atoms with Gasteiger partial charge >= 0.3 is 5.97 Å². The van der Waals surface area contributed by atoms with Crippen LogP contribution in [0, 0.1) is 5.92 Å². The van der Waals surface area contributed by atoms with Crippen molar-refractivity contribution in [2.75, 3.05) is 18.5 Å². The predicted octanol–water partition coefficient (Wildman–Crippen LogP) is 3.36. The average Bonchev–Trinajstić information content (AvgIpc) is 2.59. The molecule has 0 saturated heterocycles. The van der Waals surface area contributed by atoms with Gasteiger partial charge in [0, 0.05) is 18.2 Å². The minimum absolute atomic E-state index is 0.0136. The van der Waals surface area contributed by atoms with E-state index in [1.807, 2.05) is 31.2 Å². The molecule has 0 aliphatic heterocycles. The molecule has 0 spiro atoms. The number of anilines is 1. The number of amides is 1. The monoisotopic (exact) mass is 332 g/mol. The molecule has 1 rings (SSSR count). The number of rotatable bonds is 10. The van der Waals surface area contributed by atoms with Gasteiger partial charge in [-0.1, -0.05) is 32.4 Å². The molecule has 0 radical (unpaired) electrons. The van der Waals surface area contributed by atoms with Gasteiger partial charge in [0.1, 0.15) is 0 Å². The summed E-state index contributed by atoms with van der Waals surface area (Å²) in [5.74, 6) is 0.0167. The molecule has 0 aliphatic rings. The SMILES string of the molecule is CCC(C)COC(=O)/C=C/c1ccc(NC(=O)CCCCN)cc1. The Bertz CT molecular complexity index is 538. The Morgan fingerprint density at radius 2 is 1.96 bits per heavy atom. The molecule has 5 heteroatoms. The summed E-state index contributed by atoms with van der Waals surface area (Å²) in [4.78, 5) is 23.3. The highest BCUT2D eigenvalue weighted by Gasteiger charge is 2.03. The van der Waals surface area contributed by atoms with Crippen molar-refractivity contribution in [3.8, 4) is 0 Å². The van der Waals surface area contributed by atoms with Crippen molar-refractivity contribution in [2.45, 2.75) is 39.5 Å². The van der Waals surface area contributed by atoms with Gasteiger partial charge in [0.2, 0.25) is 5.91 Å².